The van der Waals surface area contributed by atoms with Crippen LogP contribution in [0.3, 0.4) is 0 Å². The average molecular weight is 421 g/mol. The summed E-state index contributed by atoms with van der Waals surface area (Å²) in [7, 11) is 0. The number of carbonyl (C=O) groups is 1. The van der Waals surface area contributed by atoms with Crippen molar-refractivity contribution in [1.82, 2.24) is 0 Å². The van der Waals surface area contributed by atoms with E-state index in [2.05, 4.69) is 64.1 Å². The molecule has 3 nitrogen and oxygen atoms in total. The van der Waals surface area contributed by atoms with Crippen LogP contribution < -0.4 is 0 Å². The standard InChI is InChI=1S/C28H36O3/c1-26(2)30-24-22-16-18(29)12-14-28(22,4)21-13-15-27(3)19(17-8-6-5-7-9-17)10-11-20(27)23(21)25(24)31-26/h5-10,20-25H,11-16H2,1-4H3/t20-,21-,22+,23-,24+,25+,27+,28+/m0/s1. The normalized spacial score (nSPS) is 47.7. The molecule has 3 heteroatoms. The van der Waals surface area contributed by atoms with Gasteiger partial charge in [-0.05, 0) is 79.3 Å². The predicted octanol–water partition coefficient (Wildman–Crippen LogP) is 6.03. The third-order valence-electron chi connectivity index (χ3n) is 10.0. The maximum absolute atomic E-state index is 12.5. The van der Waals surface area contributed by atoms with Crippen LogP contribution in [0.4, 0.5) is 0 Å². The number of carbonyl (C=O) groups excluding carboxylic acids is 1. The van der Waals surface area contributed by atoms with Gasteiger partial charge in [-0.25, -0.2) is 0 Å². The van der Waals surface area contributed by atoms with Gasteiger partial charge in [-0.1, -0.05) is 50.3 Å². The summed E-state index contributed by atoms with van der Waals surface area (Å²) in [5.74, 6) is 1.86. The van der Waals surface area contributed by atoms with Crippen molar-refractivity contribution in [2.45, 2.75) is 84.2 Å². The molecule has 0 radical (unpaired) electrons. The zero-order valence-corrected chi connectivity index (χ0v) is 19.4. The number of ketones is 1. The Kier molecular flexibility index (Phi) is 4.26. The van der Waals surface area contributed by atoms with Gasteiger partial charge < -0.3 is 9.47 Å². The quantitative estimate of drug-likeness (QED) is 0.556. The van der Waals surface area contributed by atoms with Gasteiger partial charge in [0, 0.05) is 18.8 Å². The topological polar surface area (TPSA) is 35.5 Å². The maximum Gasteiger partial charge on any atom is 0.163 e. The first-order chi connectivity index (χ1) is 14.7. The van der Waals surface area contributed by atoms with Crippen molar-refractivity contribution in [3.05, 3.63) is 42.0 Å². The van der Waals surface area contributed by atoms with Gasteiger partial charge in [0.15, 0.2) is 5.79 Å². The lowest BCUT2D eigenvalue weighted by Crippen LogP contribution is -2.62. The largest absolute Gasteiger partial charge is 0.344 e. The van der Waals surface area contributed by atoms with E-state index in [4.69, 9.17) is 9.47 Å². The second-order valence-corrected chi connectivity index (χ2v) is 11.9. The Morgan fingerprint density at radius 3 is 2.42 bits per heavy atom. The molecule has 1 aliphatic heterocycles. The lowest BCUT2D eigenvalue weighted by atomic mass is 9.43. The van der Waals surface area contributed by atoms with Crippen LogP contribution in [-0.4, -0.2) is 23.8 Å². The minimum Gasteiger partial charge on any atom is -0.344 e. The minimum absolute atomic E-state index is 0.0497. The Bertz CT molecular complexity index is 933. The van der Waals surface area contributed by atoms with E-state index >= 15 is 0 Å². The van der Waals surface area contributed by atoms with Crippen LogP contribution in [0.15, 0.2) is 36.4 Å². The second kappa shape index (κ2) is 6.54. The zero-order valence-electron chi connectivity index (χ0n) is 19.4. The van der Waals surface area contributed by atoms with Crippen molar-refractivity contribution in [3.8, 4) is 0 Å². The molecule has 31 heavy (non-hydrogen) atoms. The molecule has 6 rings (SSSR count). The number of rotatable bonds is 1. The molecule has 1 aromatic carbocycles. The van der Waals surface area contributed by atoms with Gasteiger partial charge in [0.2, 0.25) is 0 Å². The first-order valence-corrected chi connectivity index (χ1v) is 12.4. The third kappa shape index (κ3) is 2.75. The molecule has 1 heterocycles. The molecule has 1 aromatic rings. The SMILES string of the molecule is CC1(C)O[C@H]2[C@H](O1)[C@H]1CC(=O)CC[C@]1(C)[C@H]1CC[C@]3(C)C(c4ccccc4)=CC[C@H]3[C@H]21. The van der Waals surface area contributed by atoms with Crippen LogP contribution in [0, 0.1) is 34.5 Å². The molecule has 4 fully saturated rings. The molecule has 0 bridgehead atoms. The summed E-state index contributed by atoms with van der Waals surface area (Å²) in [5.41, 5.74) is 3.30. The van der Waals surface area contributed by atoms with E-state index in [9.17, 15) is 4.79 Å². The molecular formula is C28H36O3. The minimum atomic E-state index is -0.562. The molecule has 5 aliphatic rings. The highest BCUT2D eigenvalue weighted by atomic mass is 16.8. The molecule has 166 valence electrons. The van der Waals surface area contributed by atoms with E-state index in [0.717, 1.165) is 19.3 Å². The number of benzene rings is 1. The van der Waals surface area contributed by atoms with Gasteiger partial charge in [-0.15, -0.1) is 0 Å². The molecule has 8 atom stereocenters. The number of hydrogen-bond donors (Lipinski definition) is 0. The van der Waals surface area contributed by atoms with Crippen molar-refractivity contribution in [2.75, 3.05) is 0 Å². The van der Waals surface area contributed by atoms with Gasteiger partial charge in [0.1, 0.15) is 5.78 Å². The van der Waals surface area contributed by atoms with Crippen LogP contribution in [0.1, 0.15) is 71.8 Å². The third-order valence-corrected chi connectivity index (χ3v) is 10.0. The molecule has 0 N–H and O–H groups in total. The van der Waals surface area contributed by atoms with Crippen LogP contribution >= 0.6 is 0 Å². The summed E-state index contributed by atoms with van der Waals surface area (Å²) in [6.45, 7) is 9.11. The highest BCUT2D eigenvalue weighted by Crippen LogP contribution is 2.69. The van der Waals surface area contributed by atoms with Crippen molar-refractivity contribution >= 4 is 11.4 Å². The summed E-state index contributed by atoms with van der Waals surface area (Å²) in [5, 5.41) is 0. The van der Waals surface area contributed by atoms with Gasteiger partial charge in [-0.3, -0.25) is 4.79 Å². The van der Waals surface area contributed by atoms with E-state index in [1.165, 1.54) is 24.0 Å². The fourth-order valence-corrected chi connectivity index (χ4v) is 8.61. The number of allylic oxidation sites excluding steroid dienone is 2. The molecule has 0 spiro atoms. The fraction of sp³-hybridized carbons (Fsp3) is 0.679. The van der Waals surface area contributed by atoms with Crippen molar-refractivity contribution < 1.29 is 14.3 Å². The Balaban J connectivity index is 1.42. The van der Waals surface area contributed by atoms with Gasteiger partial charge in [-0.2, -0.15) is 0 Å². The van der Waals surface area contributed by atoms with E-state index in [-0.39, 0.29) is 23.0 Å². The Hall–Kier alpha value is -1.45. The van der Waals surface area contributed by atoms with E-state index in [0.29, 0.717) is 35.9 Å². The molecule has 4 aliphatic carbocycles. The first kappa shape index (κ1) is 20.2. The molecule has 1 saturated heterocycles. The summed E-state index contributed by atoms with van der Waals surface area (Å²) >= 11 is 0. The van der Waals surface area contributed by atoms with E-state index in [1.54, 1.807) is 0 Å². The molecule has 0 amide bonds. The van der Waals surface area contributed by atoms with Crippen LogP contribution in [-0.2, 0) is 14.3 Å². The highest BCUT2D eigenvalue weighted by Gasteiger charge is 2.67. The first-order valence-electron chi connectivity index (χ1n) is 12.4. The predicted molar refractivity (Wildman–Crippen MR) is 121 cm³/mol. The fourth-order valence-electron chi connectivity index (χ4n) is 8.61. The summed E-state index contributed by atoms with van der Waals surface area (Å²) in [6.07, 6.45) is 8.72. The van der Waals surface area contributed by atoms with Crippen LogP contribution in [0.2, 0.25) is 0 Å². The Labute approximate surface area is 186 Å². The number of hydrogen-bond acceptors (Lipinski definition) is 3. The monoisotopic (exact) mass is 420 g/mol. The number of Topliss-reactive ketones (excluding diaryl/α,β-unsaturated/α-hetero) is 1. The maximum atomic E-state index is 12.5. The lowest BCUT2D eigenvalue weighted by Gasteiger charge is -2.62. The average Bonchev–Trinajstić information content (AvgIpc) is 3.25. The van der Waals surface area contributed by atoms with Crippen molar-refractivity contribution in [1.29, 1.82) is 0 Å². The molecular weight excluding hydrogens is 384 g/mol. The Morgan fingerprint density at radius 1 is 0.903 bits per heavy atom. The summed E-state index contributed by atoms with van der Waals surface area (Å²) < 4.78 is 13.3. The van der Waals surface area contributed by atoms with Gasteiger partial charge in [0.25, 0.3) is 0 Å². The highest BCUT2D eigenvalue weighted by molar-refractivity contribution is 5.80. The summed E-state index contributed by atoms with van der Waals surface area (Å²) in [4.78, 5) is 12.5. The zero-order chi connectivity index (χ0) is 21.6. The van der Waals surface area contributed by atoms with Gasteiger partial charge in [0.05, 0.1) is 12.2 Å². The van der Waals surface area contributed by atoms with Crippen LogP contribution in [0.25, 0.3) is 5.57 Å². The second-order valence-electron chi connectivity index (χ2n) is 11.9. The van der Waals surface area contributed by atoms with Crippen LogP contribution in [0.5, 0.6) is 0 Å². The van der Waals surface area contributed by atoms with Crippen molar-refractivity contribution in [2.24, 2.45) is 34.5 Å². The van der Waals surface area contributed by atoms with Gasteiger partial charge >= 0.3 is 0 Å². The number of ether oxygens (including phenoxy) is 2. The van der Waals surface area contributed by atoms with Crippen molar-refractivity contribution in [3.63, 3.8) is 0 Å². The van der Waals surface area contributed by atoms with E-state index in [1.807, 2.05) is 0 Å². The molecule has 0 aromatic heterocycles. The molecule has 0 unspecified atom stereocenters. The Morgan fingerprint density at radius 2 is 1.65 bits per heavy atom. The number of fused-ring (bicyclic) bond motifs is 8. The van der Waals surface area contributed by atoms with E-state index < -0.39 is 5.79 Å². The molecule has 3 saturated carbocycles. The summed E-state index contributed by atoms with van der Waals surface area (Å²) in [6, 6.07) is 11.0. The smallest absolute Gasteiger partial charge is 0.163 e. The lowest BCUT2D eigenvalue weighted by molar-refractivity contribution is -0.174.